The van der Waals surface area contributed by atoms with E-state index in [9.17, 15) is 14.4 Å². The molecule has 1 saturated carbocycles. The number of halogens is 1. The molecule has 1 aromatic heterocycles. The Morgan fingerprint density at radius 3 is 2.69 bits per heavy atom. The van der Waals surface area contributed by atoms with E-state index in [1.807, 2.05) is 0 Å². The van der Waals surface area contributed by atoms with Gasteiger partial charge in [-0.3, -0.25) is 19.2 Å². The molecule has 4 rings (SSSR count). The van der Waals surface area contributed by atoms with E-state index in [0.717, 1.165) is 25.7 Å². The van der Waals surface area contributed by atoms with Crippen molar-refractivity contribution < 1.29 is 19.1 Å². The van der Waals surface area contributed by atoms with E-state index in [0.29, 0.717) is 10.7 Å². The molecule has 1 aliphatic heterocycles. The van der Waals surface area contributed by atoms with Crippen molar-refractivity contribution in [1.29, 1.82) is 0 Å². The number of carbonyl (C=O) groups is 3. The van der Waals surface area contributed by atoms with Crippen LogP contribution in [0.5, 0.6) is 0 Å². The standard InChI is InChI=1S/C23H27ClN4O4/c1-3-32-21(30)18-13-19-20(29)28(17-11-7-8-15(24)12-17)23(2,14-27(19)26-18)22(31)25-16-9-5-4-6-10-16/h7-8,11-13,16H,3-6,9-10,14H2,1-2H3,(H,25,31)/t23-/m0/s1. The highest BCUT2D eigenvalue weighted by Crippen LogP contribution is 2.34. The van der Waals surface area contributed by atoms with Crippen LogP contribution in [0.3, 0.4) is 0 Å². The second-order valence-corrected chi connectivity index (χ2v) is 8.93. The van der Waals surface area contributed by atoms with Crippen molar-refractivity contribution in [3.8, 4) is 0 Å². The molecule has 1 fully saturated rings. The second kappa shape index (κ2) is 8.94. The fraction of sp³-hybridized carbons (Fsp3) is 0.478. The lowest BCUT2D eigenvalue weighted by Gasteiger charge is -2.44. The molecule has 1 N–H and O–H groups in total. The first-order valence-electron chi connectivity index (χ1n) is 11.0. The zero-order chi connectivity index (χ0) is 22.9. The number of aromatic nitrogens is 2. The Labute approximate surface area is 191 Å². The third-order valence-corrected chi connectivity index (χ3v) is 6.37. The average Bonchev–Trinajstić information content (AvgIpc) is 3.19. The van der Waals surface area contributed by atoms with Gasteiger partial charge in [-0.25, -0.2) is 4.79 Å². The number of ether oxygens (including phenoxy) is 1. The van der Waals surface area contributed by atoms with Gasteiger partial charge in [0.05, 0.1) is 13.2 Å². The van der Waals surface area contributed by atoms with Crippen molar-refractivity contribution in [2.75, 3.05) is 11.5 Å². The van der Waals surface area contributed by atoms with Gasteiger partial charge in [-0.1, -0.05) is 36.9 Å². The highest BCUT2D eigenvalue weighted by Gasteiger charge is 2.49. The van der Waals surface area contributed by atoms with Gasteiger partial charge in [0.1, 0.15) is 11.2 Å². The van der Waals surface area contributed by atoms with Gasteiger partial charge in [0.2, 0.25) is 5.91 Å². The van der Waals surface area contributed by atoms with Gasteiger partial charge >= 0.3 is 5.97 Å². The Hall–Kier alpha value is -2.87. The van der Waals surface area contributed by atoms with Gasteiger partial charge in [-0.15, -0.1) is 0 Å². The fourth-order valence-corrected chi connectivity index (χ4v) is 4.68. The van der Waals surface area contributed by atoms with Crippen LogP contribution in [0.4, 0.5) is 5.69 Å². The van der Waals surface area contributed by atoms with Crippen molar-refractivity contribution in [2.24, 2.45) is 0 Å². The zero-order valence-electron chi connectivity index (χ0n) is 18.3. The maximum atomic E-state index is 13.6. The van der Waals surface area contributed by atoms with Crippen LogP contribution >= 0.6 is 11.6 Å². The molecule has 0 bridgehead atoms. The summed E-state index contributed by atoms with van der Waals surface area (Å²) in [6.07, 6.45) is 5.17. The molecule has 9 heteroatoms. The van der Waals surface area contributed by atoms with Crippen LogP contribution in [0.1, 0.15) is 66.9 Å². The van der Waals surface area contributed by atoms with E-state index in [-0.39, 0.29) is 36.5 Å². The van der Waals surface area contributed by atoms with Gasteiger partial charge in [0.15, 0.2) is 5.69 Å². The first-order valence-corrected chi connectivity index (χ1v) is 11.4. The summed E-state index contributed by atoms with van der Waals surface area (Å²) in [6, 6.07) is 8.34. The minimum atomic E-state index is -1.26. The number of esters is 1. The second-order valence-electron chi connectivity index (χ2n) is 8.50. The minimum Gasteiger partial charge on any atom is -0.461 e. The predicted octanol–water partition coefficient (Wildman–Crippen LogP) is 3.58. The van der Waals surface area contributed by atoms with Gasteiger partial charge in [0, 0.05) is 22.8 Å². The van der Waals surface area contributed by atoms with Crippen LogP contribution < -0.4 is 10.2 Å². The van der Waals surface area contributed by atoms with Crippen LogP contribution in [0.15, 0.2) is 30.3 Å². The topological polar surface area (TPSA) is 93.5 Å². The minimum absolute atomic E-state index is 0.0400. The third kappa shape index (κ3) is 4.11. The summed E-state index contributed by atoms with van der Waals surface area (Å²) in [4.78, 5) is 40.9. The fourth-order valence-electron chi connectivity index (χ4n) is 4.49. The third-order valence-electron chi connectivity index (χ3n) is 6.13. The van der Waals surface area contributed by atoms with E-state index in [4.69, 9.17) is 16.3 Å². The Balaban J connectivity index is 1.74. The molecule has 170 valence electrons. The number of fused-ring (bicyclic) bond motifs is 1. The SMILES string of the molecule is CCOC(=O)c1cc2n(n1)C[C@@](C)(C(=O)NC1CCCCC1)N(c1cccc(Cl)c1)C2=O. The number of amides is 2. The molecule has 8 nitrogen and oxygen atoms in total. The monoisotopic (exact) mass is 458 g/mol. The smallest absolute Gasteiger partial charge is 0.358 e. The van der Waals surface area contributed by atoms with E-state index in [1.54, 1.807) is 38.1 Å². The number of hydrogen-bond acceptors (Lipinski definition) is 5. The van der Waals surface area contributed by atoms with E-state index in [1.165, 1.54) is 22.1 Å². The number of rotatable bonds is 5. The zero-order valence-corrected chi connectivity index (χ0v) is 19.0. The first-order chi connectivity index (χ1) is 15.3. The summed E-state index contributed by atoms with van der Waals surface area (Å²) in [7, 11) is 0. The molecule has 0 saturated heterocycles. The van der Waals surface area contributed by atoms with Gasteiger partial charge < -0.3 is 10.1 Å². The molecule has 1 aromatic carbocycles. The quantitative estimate of drug-likeness (QED) is 0.691. The summed E-state index contributed by atoms with van der Waals surface area (Å²) in [5.74, 6) is -1.29. The molecule has 0 radical (unpaired) electrons. The van der Waals surface area contributed by atoms with E-state index < -0.39 is 17.4 Å². The summed E-state index contributed by atoms with van der Waals surface area (Å²) in [5, 5.41) is 7.88. The Kier molecular flexibility index (Phi) is 6.24. The molecule has 2 aromatic rings. The number of carbonyl (C=O) groups excluding carboxylic acids is 3. The normalized spacial score (nSPS) is 21.2. The molecular formula is C23H27ClN4O4. The van der Waals surface area contributed by atoms with Crippen LogP contribution in [0, 0.1) is 0 Å². The van der Waals surface area contributed by atoms with Crippen molar-refractivity contribution in [2.45, 2.75) is 64.1 Å². The number of nitrogens with zero attached hydrogens (tertiary/aromatic N) is 3. The Morgan fingerprint density at radius 1 is 1.25 bits per heavy atom. The number of nitrogens with one attached hydrogen (secondary N) is 1. The number of anilines is 1. The molecule has 0 spiro atoms. The van der Waals surface area contributed by atoms with E-state index >= 15 is 0 Å². The van der Waals surface area contributed by atoms with Gasteiger partial charge in [-0.05, 0) is 44.9 Å². The van der Waals surface area contributed by atoms with Crippen LogP contribution in [0.2, 0.25) is 5.02 Å². The Bertz CT molecular complexity index is 1050. The summed E-state index contributed by atoms with van der Waals surface area (Å²) in [6.45, 7) is 3.72. The van der Waals surface area contributed by atoms with Crippen molar-refractivity contribution >= 4 is 35.1 Å². The predicted molar refractivity (Wildman–Crippen MR) is 120 cm³/mol. The molecule has 32 heavy (non-hydrogen) atoms. The summed E-state index contributed by atoms with van der Waals surface area (Å²) >= 11 is 6.20. The number of benzene rings is 1. The lowest BCUT2D eigenvalue weighted by Crippen LogP contribution is -2.65. The van der Waals surface area contributed by atoms with Crippen molar-refractivity contribution in [3.05, 3.63) is 46.7 Å². The van der Waals surface area contributed by atoms with Crippen LogP contribution in [-0.2, 0) is 16.1 Å². The molecule has 2 amide bonds. The molecule has 1 aliphatic carbocycles. The molecule has 1 atom stereocenters. The lowest BCUT2D eigenvalue weighted by molar-refractivity contribution is -0.127. The lowest BCUT2D eigenvalue weighted by atomic mass is 9.91. The molecule has 0 unspecified atom stereocenters. The molecular weight excluding hydrogens is 432 g/mol. The first kappa shape index (κ1) is 22.3. The molecule has 2 heterocycles. The Morgan fingerprint density at radius 2 is 2.00 bits per heavy atom. The van der Waals surface area contributed by atoms with Crippen LogP contribution in [0.25, 0.3) is 0 Å². The highest BCUT2D eigenvalue weighted by atomic mass is 35.5. The van der Waals surface area contributed by atoms with E-state index in [2.05, 4.69) is 10.4 Å². The largest absolute Gasteiger partial charge is 0.461 e. The average molecular weight is 459 g/mol. The van der Waals surface area contributed by atoms with Crippen LogP contribution in [-0.4, -0.2) is 45.8 Å². The van der Waals surface area contributed by atoms with Crippen molar-refractivity contribution in [1.82, 2.24) is 15.1 Å². The number of hydrogen-bond donors (Lipinski definition) is 1. The van der Waals surface area contributed by atoms with Gasteiger partial charge in [0.25, 0.3) is 5.91 Å². The highest BCUT2D eigenvalue weighted by molar-refractivity contribution is 6.31. The van der Waals surface area contributed by atoms with Gasteiger partial charge in [-0.2, -0.15) is 5.10 Å². The summed E-state index contributed by atoms with van der Waals surface area (Å²) in [5.41, 5.74) is -0.493. The summed E-state index contributed by atoms with van der Waals surface area (Å²) < 4.78 is 6.46. The van der Waals surface area contributed by atoms with Crippen molar-refractivity contribution in [3.63, 3.8) is 0 Å². The maximum Gasteiger partial charge on any atom is 0.358 e. The maximum absolute atomic E-state index is 13.6. The molecule has 2 aliphatic rings.